The molecule has 1 aromatic carbocycles. The number of rotatable bonds is 3. The third-order valence-corrected chi connectivity index (χ3v) is 3.27. The normalized spacial score (nSPS) is 19.3. The Morgan fingerprint density at radius 1 is 1.44 bits per heavy atom. The smallest absolute Gasteiger partial charge is 0.256 e. The Hall–Kier alpha value is -1.49. The summed E-state index contributed by atoms with van der Waals surface area (Å²) in [7, 11) is 0. The van der Waals surface area contributed by atoms with Crippen molar-refractivity contribution in [3.8, 4) is 0 Å². The molecule has 0 spiro atoms. The number of halogens is 2. The van der Waals surface area contributed by atoms with Crippen molar-refractivity contribution in [2.75, 3.05) is 19.7 Å². The van der Waals surface area contributed by atoms with Crippen molar-refractivity contribution in [2.24, 2.45) is 5.92 Å². The predicted octanol–water partition coefficient (Wildman–Crippen LogP) is 1.81. The summed E-state index contributed by atoms with van der Waals surface area (Å²) >= 11 is 0. The quantitative estimate of drug-likeness (QED) is 0.894. The summed E-state index contributed by atoms with van der Waals surface area (Å²) in [5.41, 5.74) is -0.0963. The van der Waals surface area contributed by atoms with Gasteiger partial charge in [-0.05, 0) is 30.9 Å². The van der Waals surface area contributed by atoms with Crippen LogP contribution in [0, 0.1) is 17.6 Å². The number of hydrogen-bond donors (Lipinski definition) is 1. The maximum absolute atomic E-state index is 13.5. The monoisotopic (exact) mass is 255 g/mol. The van der Waals surface area contributed by atoms with Crippen molar-refractivity contribution < 1.29 is 18.7 Å². The lowest BCUT2D eigenvalue weighted by Crippen LogP contribution is -2.29. The summed E-state index contributed by atoms with van der Waals surface area (Å²) in [6.07, 6.45) is 1.46. The molecule has 0 saturated carbocycles. The minimum absolute atomic E-state index is 0.0948. The second-order valence-electron chi connectivity index (χ2n) is 4.54. The third kappa shape index (κ3) is 2.67. The Morgan fingerprint density at radius 2 is 2.22 bits per heavy atom. The summed E-state index contributed by atoms with van der Waals surface area (Å²) in [5, 5.41) is 8.84. The fourth-order valence-electron chi connectivity index (χ4n) is 2.27. The number of aliphatic hydroxyl groups excluding tert-OH is 1. The van der Waals surface area contributed by atoms with Gasteiger partial charge in [-0.2, -0.15) is 0 Å². The van der Waals surface area contributed by atoms with E-state index >= 15 is 0 Å². The van der Waals surface area contributed by atoms with E-state index in [0.29, 0.717) is 25.6 Å². The Bertz CT molecular complexity index is 451. The topological polar surface area (TPSA) is 40.5 Å². The van der Waals surface area contributed by atoms with Gasteiger partial charge < -0.3 is 10.0 Å². The van der Waals surface area contributed by atoms with E-state index in [2.05, 4.69) is 0 Å². The van der Waals surface area contributed by atoms with E-state index in [1.165, 1.54) is 6.07 Å². The molecule has 1 saturated heterocycles. The molecule has 1 aromatic rings. The van der Waals surface area contributed by atoms with E-state index < -0.39 is 17.5 Å². The van der Waals surface area contributed by atoms with E-state index in [-0.39, 0.29) is 18.1 Å². The molecule has 1 unspecified atom stereocenters. The molecule has 1 aliphatic rings. The lowest BCUT2D eigenvalue weighted by atomic mass is 10.1. The zero-order valence-corrected chi connectivity index (χ0v) is 9.90. The fourth-order valence-corrected chi connectivity index (χ4v) is 2.27. The van der Waals surface area contributed by atoms with Crippen LogP contribution in [0.1, 0.15) is 23.2 Å². The average Bonchev–Trinajstić information content (AvgIpc) is 2.77. The van der Waals surface area contributed by atoms with Crippen molar-refractivity contribution in [2.45, 2.75) is 12.8 Å². The Balaban J connectivity index is 2.08. The highest BCUT2D eigenvalue weighted by Gasteiger charge is 2.27. The van der Waals surface area contributed by atoms with E-state index in [1.54, 1.807) is 4.90 Å². The first kappa shape index (κ1) is 13.0. The standard InChI is InChI=1S/C13H15F2NO2/c14-10-1-2-11(12(15)7-10)13(18)16-5-3-9(8-16)4-6-17/h1-2,7,9,17H,3-6,8H2. The number of amides is 1. The van der Waals surface area contributed by atoms with Gasteiger partial charge in [-0.3, -0.25) is 4.79 Å². The van der Waals surface area contributed by atoms with Crippen LogP contribution in [-0.4, -0.2) is 35.6 Å². The van der Waals surface area contributed by atoms with Gasteiger partial charge in [-0.25, -0.2) is 8.78 Å². The maximum Gasteiger partial charge on any atom is 0.256 e. The van der Waals surface area contributed by atoms with Crippen molar-refractivity contribution >= 4 is 5.91 Å². The molecule has 0 aromatic heterocycles. The molecule has 0 radical (unpaired) electrons. The first-order chi connectivity index (χ1) is 8.61. The molecule has 98 valence electrons. The molecular weight excluding hydrogens is 240 g/mol. The fraction of sp³-hybridized carbons (Fsp3) is 0.462. The number of benzene rings is 1. The number of nitrogens with zero attached hydrogens (tertiary/aromatic N) is 1. The highest BCUT2D eigenvalue weighted by Crippen LogP contribution is 2.22. The van der Waals surface area contributed by atoms with Gasteiger partial charge >= 0.3 is 0 Å². The molecule has 1 fully saturated rings. The van der Waals surface area contributed by atoms with E-state index in [1.807, 2.05) is 0 Å². The number of carbonyl (C=O) groups is 1. The summed E-state index contributed by atoms with van der Waals surface area (Å²) in [6, 6.07) is 2.97. The molecule has 1 heterocycles. The van der Waals surface area contributed by atoms with Gasteiger partial charge in [0.2, 0.25) is 0 Å². The molecule has 1 atom stereocenters. The zero-order valence-electron chi connectivity index (χ0n) is 9.90. The second-order valence-corrected chi connectivity index (χ2v) is 4.54. The largest absolute Gasteiger partial charge is 0.396 e. The van der Waals surface area contributed by atoms with Crippen LogP contribution in [-0.2, 0) is 0 Å². The maximum atomic E-state index is 13.5. The number of carbonyl (C=O) groups excluding carboxylic acids is 1. The lowest BCUT2D eigenvalue weighted by Gasteiger charge is -2.16. The van der Waals surface area contributed by atoms with Gasteiger partial charge in [0, 0.05) is 25.8 Å². The number of aliphatic hydroxyl groups is 1. The van der Waals surface area contributed by atoms with Gasteiger partial charge in [0.05, 0.1) is 5.56 Å². The molecule has 2 rings (SSSR count). The van der Waals surface area contributed by atoms with E-state index in [0.717, 1.165) is 12.5 Å². The molecule has 1 N–H and O–H groups in total. The first-order valence-corrected chi connectivity index (χ1v) is 5.97. The molecule has 5 heteroatoms. The summed E-state index contributed by atoms with van der Waals surface area (Å²) < 4.78 is 26.2. The number of hydrogen-bond acceptors (Lipinski definition) is 2. The average molecular weight is 255 g/mol. The van der Waals surface area contributed by atoms with E-state index in [4.69, 9.17) is 5.11 Å². The van der Waals surface area contributed by atoms with Gasteiger partial charge in [0.25, 0.3) is 5.91 Å². The molecule has 0 aliphatic carbocycles. The Morgan fingerprint density at radius 3 is 2.89 bits per heavy atom. The summed E-state index contributed by atoms with van der Waals surface area (Å²) in [4.78, 5) is 13.6. The SMILES string of the molecule is O=C(c1ccc(F)cc1F)N1CCC(CCO)C1. The molecule has 1 amide bonds. The van der Waals surface area contributed by atoms with Crippen LogP contribution in [0.5, 0.6) is 0 Å². The van der Waals surface area contributed by atoms with Gasteiger partial charge in [0.1, 0.15) is 11.6 Å². The summed E-state index contributed by atoms with van der Waals surface area (Å²) in [5.74, 6) is -1.66. The van der Waals surface area contributed by atoms with Crippen molar-refractivity contribution in [3.05, 3.63) is 35.4 Å². The summed E-state index contributed by atoms with van der Waals surface area (Å²) in [6.45, 7) is 1.17. The van der Waals surface area contributed by atoms with Gasteiger partial charge in [-0.15, -0.1) is 0 Å². The zero-order chi connectivity index (χ0) is 13.1. The van der Waals surface area contributed by atoms with Crippen LogP contribution in [0.15, 0.2) is 18.2 Å². The third-order valence-electron chi connectivity index (χ3n) is 3.27. The first-order valence-electron chi connectivity index (χ1n) is 5.97. The van der Waals surface area contributed by atoms with Crippen LogP contribution in [0.4, 0.5) is 8.78 Å². The highest BCUT2D eigenvalue weighted by atomic mass is 19.1. The minimum atomic E-state index is -0.828. The number of likely N-dealkylation sites (tertiary alicyclic amines) is 1. The second kappa shape index (κ2) is 5.44. The molecule has 18 heavy (non-hydrogen) atoms. The minimum Gasteiger partial charge on any atom is -0.396 e. The van der Waals surface area contributed by atoms with Crippen LogP contribution >= 0.6 is 0 Å². The molecular formula is C13H15F2NO2. The predicted molar refractivity (Wildman–Crippen MR) is 62.1 cm³/mol. The molecule has 3 nitrogen and oxygen atoms in total. The molecule has 1 aliphatic heterocycles. The Labute approximate surface area is 104 Å². The Kier molecular flexibility index (Phi) is 3.91. The van der Waals surface area contributed by atoms with Gasteiger partial charge in [0.15, 0.2) is 0 Å². The highest BCUT2D eigenvalue weighted by molar-refractivity contribution is 5.94. The van der Waals surface area contributed by atoms with Crippen molar-refractivity contribution in [3.63, 3.8) is 0 Å². The van der Waals surface area contributed by atoms with Crippen molar-refractivity contribution in [1.82, 2.24) is 4.90 Å². The van der Waals surface area contributed by atoms with E-state index in [9.17, 15) is 13.6 Å². The van der Waals surface area contributed by atoms with Crippen LogP contribution < -0.4 is 0 Å². The lowest BCUT2D eigenvalue weighted by molar-refractivity contribution is 0.0780. The van der Waals surface area contributed by atoms with Crippen molar-refractivity contribution in [1.29, 1.82) is 0 Å². The van der Waals surface area contributed by atoms with Gasteiger partial charge in [-0.1, -0.05) is 0 Å². The van der Waals surface area contributed by atoms with Crippen LogP contribution in [0.25, 0.3) is 0 Å². The van der Waals surface area contributed by atoms with Crippen LogP contribution in [0.2, 0.25) is 0 Å². The molecule has 0 bridgehead atoms. The van der Waals surface area contributed by atoms with Crippen LogP contribution in [0.3, 0.4) is 0 Å².